The fourth-order valence-electron chi connectivity index (χ4n) is 2.85. The largest absolute Gasteiger partial charge is 0.477 e. The fraction of sp³-hybridized carbons (Fsp3) is 0.353. The molecule has 1 aliphatic heterocycles. The van der Waals surface area contributed by atoms with Crippen molar-refractivity contribution in [2.75, 3.05) is 19.7 Å². The summed E-state index contributed by atoms with van der Waals surface area (Å²) in [4.78, 5) is 4.18. The van der Waals surface area contributed by atoms with Gasteiger partial charge in [0.1, 0.15) is 0 Å². The topological polar surface area (TPSA) is 34.1 Å². The molecule has 1 aliphatic rings. The Labute approximate surface area is 140 Å². The molecule has 3 nitrogen and oxygen atoms in total. The van der Waals surface area contributed by atoms with Crippen LogP contribution in [0.1, 0.15) is 17.9 Å². The van der Waals surface area contributed by atoms with Gasteiger partial charge in [-0.1, -0.05) is 35.3 Å². The van der Waals surface area contributed by atoms with Crippen LogP contribution in [0.2, 0.25) is 10.0 Å². The van der Waals surface area contributed by atoms with E-state index in [4.69, 9.17) is 27.9 Å². The Morgan fingerprint density at radius 2 is 1.86 bits per heavy atom. The van der Waals surface area contributed by atoms with Crippen molar-refractivity contribution >= 4 is 23.2 Å². The van der Waals surface area contributed by atoms with Crippen molar-refractivity contribution in [1.29, 1.82) is 0 Å². The number of piperidine rings is 1. The summed E-state index contributed by atoms with van der Waals surface area (Å²) in [6.07, 6.45) is 2.69. The van der Waals surface area contributed by atoms with Crippen LogP contribution in [0.5, 0.6) is 5.88 Å². The number of hydrogen-bond acceptors (Lipinski definition) is 3. The highest BCUT2D eigenvalue weighted by Gasteiger charge is 2.27. The van der Waals surface area contributed by atoms with E-state index in [9.17, 15) is 0 Å². The normalized spacial score (nSPS) is 21.5. The summed E-state index contributed by atoms with van der Waals surface area (Å²) in [5.41, 5.74) is 1.30. The number of nitrogens with zero attached hydrogens (tertiary/aromatic N) is 1. The molecule has 2 atom stereocenters. The van der Waals surface area contributed by atoms with Crippen LogP contribution in [-0.4, -0.2) is 24.7 Å². The van der Waals surface area contributed by atoms with Gasteiger partial charge in [0.05, 0.1) is 11.6 Å². The maximum atomic E-state index is 5.98. The Hall–Kier alpha value is -1.29. The number of aromatic nitrogens is 1. The van der Waals surface area contributed by atoms with Gasteiger partial charge < -0.3 is 10.1 Å². The summed E-state index contributed by atoms with van der Waals surface area (Å²) in [5, 5.41) is 4.85. The maximum Gasteiger partial charge on any atom is 0.213 e. The molecule has 116 valence electrons. The molecule has 1 aromatic carbocycles. The molecular weight excluding hydrogens is 319 g/mol. The quantitative estimate of drug-likeness (QED) is 0.910. The van der Waals surface area contributed by atoms with Crippen LogP contribution >= 0.6 is 23.2 Å². The van der Waals surface area contributed by atoms with E-state index >= 15 is 0 Å². The molecule has 5 heteroatoms. The second kappa shape index (κ2) is 7.32. The predicted molar refractivity (Wildman–Crippen MR) is 89.9 cm³/mol. The van der Waals surface area contributed by atoms with Gasteiger partial charge in [-0.05, 0) is 36.7 Å². The van der Waals surface area contributed by atoms with Gasteiger partial charge in [-0.3, -0.25) is 0 Å². The Morgan fingerprint density at radius 3 is 2.59 bits per heavy atom. The number of benzene rings is 1. The first-order chi connectivity index (χ1) is 10.7. The first kappa shape index (κ1) is 15.6. The van der Waals surface area contributed by atoms with E-state index < -0.39 is 0 Å². The number of halogens is 2. The van der Waals surface area contributed by atoms with Gasteiger partial charge >= 0.3 is 0 Å². The number of hydrogen-bond donors (Lipinski definition) is 1. The monoisotopic (exact) mass is 336 g/mol. The van der Waals surface area contributed by atoms with Crippen molar-refractivity contribution in [1.82, 2.24) is 10.3 Å². The first-order valence-corrected chi connectivity index (χ1v) is 8.18. The van der Waals surface area contributed by atoms with Gasteiger partial charge in [0, 0.05) is 35.7 Å². The van der Waals surface area contributed by atoms with Crippen molar-refractivity contribution in [3.8, 4) is 5.88 Å². The zero-order valence-electron chi connectivity index (χ0n) is 12.1. The highest BCUT2D eigenvalue weighted by Crippen LogP contribution is 2.30. The summed E-state index contributed by atoms with van der Waals surface area (Å²) in [6.45, 7) is 2.64. The molecule has 0 amide bonds. The van der Waals surface area contributed by atoms with Crippen molar-refractivity contribution in [2.45, 2.75) is 12.3 Å². The zero-order valence-corrected chi connectivity index (χ0v) is 13.6. The minimum atomic E-state index is 0.429. The standard InChI is InChI=1S/C17H18Cl2N2O/c18-14-3-1-12(2-4-14)16-10-20-8-7-13(16)11-22-17-6-5-15(19)9-21-17/h1-6,9,13,16,20H,7-8,10-11H2. The van der Waals surface area contributed by atoms with Gasteiger partial charge in [0.2, 0.25) is 5.88 Å². The minimum absolute atomic E-state index is 0.429. The van der Waals surface area contributed by atoms with Crippen LogP contribution in [0.15, 0.2) is 42.6 Å². The highest BCUT2D eigenvalue weighted by atomic mass is 35.5. The molecule has 0 aliphatic carbocycles. The SMILES string of the molecule is Clc1ccc(C2CNCCC2COc2ccc(Cl)cn2)cc1. The van der Waals surface area contributed by atoms with Gasteiger partial charge in [-0.15, -0.1) is 0 Å². The average molecular weight is 337 g/mol. The zero-order chi connectivity index (χ0) is 15.4. The fourth-order valence-corrected chi connectivity index (χ4v) is 3.09. The van der Waals surface area contributed by atoms with E-state index in [0.29, 0.717) is 29.3 Å². The van der Waals surface area contributed by atoms with E-state index in [1.807, 2.05) is 12.1 Å². The average Bonchev–Trinajstić information content (AvgIpc) is 2.55. The molecule has 0 bridgehead atoms. The molecule has 1 aromatic heterocycles. The molecule has 22 heavy (non-hydrogen) atoms. The van der Waals surface area contributed by atoms with Crippen LogP contribution < -0.4 is 10.1 Å². The number of rotatable bonds is 4. The lowest BCUT2D eigenvalue weighted by Crippen LogP contribution is -2.37. The predicted octanol–water partition coefficient (Wildman–Crippen LogP) is 4.16. The smallest absolute Gasteiger partial charge is 0.213 e. The lowest BCUT2D eigenvalue weighted by Gasteiger charge is -2.32. The van der Waals surface area contributed by atoms with Crippen molar-refractivity contribution in [2.24, 2.45) is 5.92 Å². The molecule has 3 rings (SSSR count). The Bertz CT molecular complexity index is 601. The molecule has 2 heterocycles. The van der Waals surface area contributed by atoms with Crippen LogP contribution in [0.3, 0.4) is 0 Å². The second-order valence-electron chi connectivity index (χ2n) is 5.54. The maximum absolute atomic E-state index is 5.98. The lowest BCUT2D eigenvalue weighted by atomic mass is 9.82. The van der Waals surface area contributed by atoms with Gasteiger partial charge in [-0.25, -0.2) is 4.98 Å². The summed E-state index contributed by atoms with van der Waals surface area (Å²) in [5.74, 6) is 1.51. The van der Waals surface area contributed by atoms with Crippen molar-refractivity contribution in [3.05, 3.63) is 58.2 Å². The summed E-state index contributed by atoms with van der Waals surface area (Å²) >= 11 is 11.8. The molecule has 2 aromatic rings. The second-order valence-corrected chi connectivity index (χ2v) is 6.41. The van der Waals surface area contributed by atoms with E-state index in [-0.39, 0.29) is 0 Å². The molecular formula is C17H18Cl2N2O. The molecule has 1 fully saturated rings. The third-order valence-corrected chi connectivity index (χ3v) is 4.54. The van der Waals surface area contributed by atoms with E-state index in [1.54, 1.807) is 18.3 Å². The van der Waals surface area contributed by atoms with Crippen LogP contribution in [0.25, 0.3) is 0 Å². The van der Waals surface area contributed by atoms with Crippen molar-refractivity contribution < 1.29 is 4.74 Å². The van der Waals surface area contributed by atoms with Crippen molar-refractivity contribution in [3.63, 3.8) is 0 Å². The van der Waals surface area contributed by atoms with E-state index in [1.165, 1.54) is 5.56 Å². The van der Waals surface area contributed by atoms with Gasteiger partial charge in [0.25, 0.3) is 0 Å². The number of pyridine rings is 1. The molecule has 1 N–H and O–H groups in total. The molecule has 0 saturated carbocycles. The van der Waals surface area contributed by atoms with Crippen LogP contribution in [0.4, 0.5) is 0 Å². The number of ether oxygens (including phenoxy) is 1. The van der Waals surface area contributed by atoms with Gasteiger partial charge in [-0.2, -0.15) is 0 Å². The third kappa shape index (κ3) is 3.92. The summed E-state index contributed by atoms with van der Waals surface area (Å²) < 4.78 is 5.85. The Morgan fingerprint density at radius 1 is 1.09 bits per heavy atom. The Kier molecular flexibility index (Phi) is 5.19. The molecule has 0 spiro atoms. The van der Waals surface area contributed by atoms with E-state index in [0.717, 1.165) is 24.5 Å². The lowest BCUT2D eigenvalue weighted by molar-refractivity contribution is 0.189. The third-order valence-electron chi connectivity index (χ3n) is 4.07. The Balaban J connectivity index is 1.67. The summed E-state index contributed by atoms with van der Waals surface area (Å²) in [6, 6.07) is 11.7. The molecule has 1 saturated heterocycles. The minimum Gasteiger partial charge on any atom is -0.477 e. The highest BCUT2D eigenvalue weighted by molar-refractivity contribution is 6.30. The van der Waals surface area contributed by atoms with Crippen LogP contribution in [-0.2, 0) is 0 Å². The number of nitrogens with one attached hydrogen (secondary N) is 1. The van der Waals surface area contributed by atoms with Gasteiger partial charge in [0.15, 0.2) is 0 Å². The first-order valence-electron chi connectivity index (χ1n) is 7.43. The van der Waals surface area contributed by atoms with Crippen LogP contribution in [0, 0.1) is 5.92 Å². The molecule has 2 unspecified atom stereocenters. The van der Waals surface area contributed by atoms with E-state index in [2.05, 4.69) is 22.4 Å². The molecule has 0 radical (unpaired) electrons. The summed E-state index contributed by atoms with van der Waals surface area (Å²) in [7, 11) is 0.